The SMILES string of the molecule is CN1CCC2(CC1Br)OC(=O)Nc1ccccc12. The lowest BCUT2D eigenvalue weighted by Crippen LogP contribution is -2.49. The molecule has 18 heavy (non-hydrogen) atoms. The number of ether oxygens (including phenoxy) is 1. The number of benzene rings is 1. The topological polar surface area (TPSA) is 41.6 Å². The van der Waals surface area contributed by atoms with E-state index in [9.17, 15) is 4.79 Å². The van der Waals surface area contributed by atoms with Crippen LogP contribution in [-0.2, 0) is 10.3 Å². The summed E-state index contributed by atoms with van der Waals surface area (Å²) in [7, 11) is 2.07. The van der Waals surface area contributed by atoms with Gasteiger partial charge in [-0.1, -0.05) is 34.1 Å². The van der Waals surface area contributed by atoms with Gasteiger partial charge in [0.15, 0.2) is 0 Å². The largest absolute Gasteiger partial charge is 0.438 e. The molecule has 0 saturated carbocycles. The van der Waals surface area contributed by atoms with E-state index in [2.05, 4.69) is 33.2 Å². The Morgan fingerprint density at radius 3 is 3.06 bits per heavy atom. The van der Waals surface area contributed by atoms with Gasteiger partial charge < -0.3 is 4.74 Å². The molecule has 2 heterocycles. The first-order valence-corrected chi connectivity index (χ1v) is 6.96. The van der Waals surface area contributed by atoms with Gasteiger partial charge in [0, 0.05) is 24.9 Å². The van der Waals surface area contributed by atoms with Crippen LogP contribution in [0.5, 0.6) is 0 Å². The van der Waals surface area contributed by atoms with E-state index in [-0.39, 0.29) is 11.0 Å². The molecule has 1 saturated heterocycles. The molecule has 2 atom stereocenters. The predicted octanol–water partition coefficient (Wildman–Crippen LogP) is 2.89. The molecular weight excluding hydrogens is 296 g/mol. The molecule has 2 unspecified atom stereocenters. The van der Waals surface area contributed by atoms with Crippen molar-refractivity contribution in [2.45, 2.75) is 23.4 Å². The fourth-order valence-corrected chi connectivity index (χ4v) is 3.45. The molecule has 1 amide bonds. The maximum atomic E-state index is 11.7. The first kappa shape index (κ1) is 12.0. The lowest BCUT2D eigenvalue weighted by Gasteiger charge is -2.45. The van der Waals surface area contributed by atoms with Crippen molar-refractivity contribution in [1.29, 1.82) is 0 Å². The fourth-order valence-electron chi connectivity index (χ4n) is 2.72. The zero-order valence-corrected chi connectivity index (χ0v) is 11.7. The van der Waals surface area contributed by atoms with Crippen molar-refractivity contribution in [3.8, 4) is 0 Å². The highest BCUT2D eigenvalue weighted by Crippen LogP contribution is 2.45. The number of likely N-dealkylation sites (tertiary alicyclic amines) is 1. The number of carbonyl (C=O) groups is 1. The van der Waals surface area contributed by atoms with Gasteiger partial charge in [0.2, 0.25) is 0 Å². The van der Waals surface area contributed by atoms with Crippen molar-refractivity contribution in [2.75, 3.05) is 18.9 Å². The monoisotopic (exact) mass is 310 g/mol. The van der Waals surface area contributed by atoms with Crippen molar-refractivity contribution < 1.29 is 9.53 Å². The molecule has 2 aliphatic rings. The molecule has 0 radical (unpaired) electrons. The second-order valence-corrected chi connectivity index (χ2v) is 5.98. The maximum absolute atomic E-state index is 11.7. The Labute approximate surface area is 114 Å². The van der Waals surface area contributed by atoms with E-state index >= 15 is 0 Å². The molecule has 0 aromatic heterocycles. The first-order chi connectivity index (χ1) is 8.61. The van der Waals surface area contributed by atoms with E-state index in [1.165, 1.54) is 0 Å². The minimum absolute atomic E-state index is 0.227. The third-order valence-corrected chi connectivity index (χ3v) is 4.81. The van der Waals surface area contributed by atoms with E-state index < -0.39 is 5.60 Å². The summed E-state index contributed by atoms with van der Waals surface area (Å²) in [6.07, 6.45) is 1.25. The number of anilines is 1. The highest BCUT2D eigenvalue weighted by atomic mass is 79.9. The second kappa shape index (κ2) is 4.24. The van der Waals surface area contributed by atoms with Gasteiger partial charge in [0.1, 0.15) is 5.60 Å². The minimum Gasteiger partial charge on any atom is -0.438 e. The van der Waals surface area contributed by atoms with E-state index in [1.54, 1.807) is 0 Å². The average molecular weight is 311 g/mol. The van der Waals surface area contributed by atoms with Crippen LogP contribution in [0.2, 0.25) is 0 Å². The molecule has 3 rings (SSSR count). The number of nitrogens with one attached hydrogen (secondary N) is 1. The Bertz CT molecular complexity index is 494. The van der Waals surface area contributed by atoms with Crippen molar-refractivity contribution in [3.63, 3.8) is 0 Å². The Morgan fingerprint density at radius 2 is 2.28 bits per heavy atom. The van der Waals surface area contributed by atoms with Gasteiger partial charge in [-0.05, 0) is 13.1 Å². The van der Waals surface area contributed by atoms with E-state index in [0.717, 1.165) is 30.6 Å². The number of halogens is 1. The molecule has 1 N–H and O–H groups in total. The van der Waals surface area contributed by atoms with Crippen molar-refractivity contribution in [2.24, 2.45) is 0 Å². The van der Waals surface area contributed by atoms with Gasteiger partial charge >= 0.3 is 6.09 Å². The number of nitrogens with zero attached hydrogens (tertiary/aromatic N) is 1. The number of para-hydroxylation sites is 1. The van der Waals surface area contributed by atoms with Crippen LogP contribution in [0.1, 0.15) is 18.4 Å². The molecule has 1 spiro atoms. The lowest BCUT2D eigenvalue weighted by atomic mass is 9.82. The van der Waals surface area contributed by atoms with E-state index in [1.807, 2.05) is 24.3 Å². The van der Waals surface area contributed by atoms with E-state index in [0.29, 0.717) is 0 Å². The Morgan fingerprint density at radius 1 is 1.50 bits per heavy atom. The summed E-state index contributed by atoms with van der Waals surface area (Å²) in [5.41, 5.74) is 1.47. The van der Waals surface area contributed by atoms with Crippen LogP contribution in [0.4, 0.5) is 10.5 Å². The van der Waals surface area contributed by atoms with Crippen molar-refractivity contribution in [1.82, 2.24) is 4.90 Å². The number of alkyl halides is 1. The fraction of sp³-hybridized carbons (Fsp3) is 0.462. The summed E-state index contributed by atoms with van der Waals surface area (Å²) in [5.74, 6) is 0. The van der Waals surface area contributed by atoms with Crippen LogP contribution in [0.15, 0.2) is 24.3 Å². The standard InChI is InChI=1S/C13H15BrN2O2/c1-16-7-6-13(8-11(16)14)9-4-2-3-5-10(9)15-12(17)18-13/h2-5,11H,6-8H2,1H3,(H,15,17). The maximum Gasteiger partial charge on any atom is 0.412 e. The summed E-state index contributed by atoms with van der Waals surface area (Å²) in [5, 5.41) is 2.77. The summed E-state index contributed by atoms with van der Waals surface area (Å²) < 4.78 is 5.65. The molecule has 2 aliphatic heterocycles. The van der Waals surface area contributed by atoms with Crippen LogP contribution in [0.3, 0.4) is 0 Å². The van der Waals surface area contributed by atoms with E-state index in [4.69, 9.17) is 4.74 Å². The normalized spacial score (nSPS) is 31.7. The highest BCUT2D eigenvalue weighted by Gasteiger charge is 2.46. The Hall–Kier alpha value is -1.07. The average Bonchev–Trinajstić information content (AvgIpc) is 2.34. The number of piperidine rings is 1. The Balaban J connectivity index is 2.04. The van der Waals surface area contributed by atoms with Gasteiger partial charge in [-0.25, -0.2) is 4.79 Å². The van der Waals surface area contributed by atoms with Gasteiger partial charge in [-0.2, -0.15) is 0 Å². The van der Waals surface area contributed by atoms with Crippen LogP contribution in [0, 0.1) is 0 Å². The quantitative estimate of drug-likeness (QED) is 0.592. The van der Waals surface area contributed by atoms with Crippen molar-refractivity contribution >= 4 is 27.7 Å². The molecule has 4 nitrogen and oxygen atoms in total. The summed E-state index contributed by atoms with van der Waals surface area (Å²) in [6, 6.07) is 7.89. The predicted molar refractivity (Wildman–Crippen MR) is 72.8 cm³/mol. The number of hydrogen-bond acceptors (Lipinski definition) is 3. The number of carbonyl (C=O) groups excluding carboxylic acids is 1. The second-order valence-electron chi connectivity index (χ2n) is 4.92. The number of rotatable bonds is 0. The van der Waals surface area contributed by atoms with Gasteiger partial charge in [-0.3, -0.25) is 10.2 Å². The number of amides is 1. The molecule has 1 aromatic rings. The minimum atomic E-state index is -0.487. The zero-order valence-electron chi connectivity index (χ0n) is 10.1. The molecule has 1 aromatic carbocycles. The van der Waals surface area contributed by atoms with Gasteiger partial charge in [0.25, 0.3) is 0 Å². The van der Waals surface area contributed by atoms with Gasteiger partial charge in [-0.15, -0.1) is 0 Å². The number of fused-ring (bicyclic) bond motifs is 2. The van der Waals surface area contributed by atoms with Crippen LogP contribution in [0.25, 0.3) is 0 Å². The third kappa shape index (κ3) is 1.82. The Kier molecular flexibility index (Phi) is 2.83. The number of hydrogen-bond donors (Lipinski definition) is 1. The zero-order chi connectivity index (χ0) is 12.8. The third-order valence-electron chi connectivity index (χ3n) is 3.79. The first-order valence-electron chi connectivity index (χ1n) is 6.04. The van der Waals surface area contributed by atoms with Gasteiger partial charge in [0.05, 0.1) is 10.6 Å². The molecule has 5 heteroatoms. The molecule has 0 aliphatic carbocycles. The van der Waals surface area contributed by atoms with Crippen LogP contribution < -0.4 is 5.32 Å². The highest BCUT2D eigenvalue weighted by molar-refractivity contribution is 9.09. The lowest BCUT2D eigenvalue weighted by molar-refractivity contribution is -0.0379. The molecule has 96 valence electrons. The van der Waals surface area contributed by atoms with Crippen LogP contribution in [-0.4, -0.2) is 29.5 Å². The summed E-state index contributed by atoms with van der Waals surface area (Å²) in [4.78, 5) is 14.2. The molecular formula is C13H15BrN2O2. The molecule has 1 fully saturated rings. The van der Waals surface area contributed by atoms with Crippen LogP contribution >= 0.6 is 15.9 Å². The smallest absolute Gasteiger partial charge is 0.412 e. The summed E-state index contributed by atoms with van der Waals surface area (Å²) in [6.45, 7) is 0.900. The summed E-state index contributed by atoms with van der Waals surface area (Å²) >= 11 is 3.65. The van der Waals surface area contributed by atoms with Crippen molar-refractivity contribution in [3.05, 3.63) is 29.8 Å². The molecule has 0 bridgehead atoms.